The van der Waals surface area contributed by atoms with Crippen LogP contribution in [0.3, 0.4) is 0 Å². The summed E-state index contributed by atoms with van der Waals surface area (Å²) in [4.78, 5) is 19.9. The Morgan fingerprint density at radius 3 is 2.83 bits per heavy atom. The average Bonchev–Trinajstić information content (AvgIpc) is 3.41. The molecule has 0 unspecified atom stereocenters. The molecule has 1 fully saturated rings. The molecule has 2 aromatic heterocycles. The van der Waals surface area contributed by atoms with Crippen LogP contribution >= 0.6 is 0 Å². The molecule has 29 heavy (non-hydrogen) atoms. The lowest BCUT2D eigenvalue weighted by Crippen LogP contribution is -2.15. The predicted octanol–water partition coefficient (Wildman–Crippen LogP) is 4.17. The summed E-state index contributed by atoms with van der Waals surface area (Å²) in [7, 11) is 1.64. The fraction of sp³-hybridized carbons (Fsp3) is 0.364. The van der Waals surface area contributed by atoms with Crippen molar-refractivity contribution in [2.45, 2.75) is 39.0 Å². The van der Waals surface area contributed by atoms with Gasteiger partial charge in [0.2, 0.25) is 5.82 Å². The third-order valence-electron chi connectivity index (χ3n) is 5.46. The van der Waals surface area contributed by atoms with Gasteiger partial charge in [0.05, 0.1) is 7.11 Å². The lowest BCUT2D eigenvalue weighted by Gasteiger charge is -2.10. The van der Waals surface area contributed by atoms with Crippen LogP contribution in [-0.2, 0) is 6.42 Å². The van der Waals surface area contributed by atoms with Crippen molar-refractivity contribution in [3.63, 3.8) is 0 Å². The molecule has 0 aliphatic heterocycles. The number of methoxy groups -OCH3 is 1. The van der Waals surface area contributed by atoms with E-state index in [1.165, 1.54) is 25.7 Å². The molecule has 4 rings (SSSR count). The fourth-order valence-corrected chi connectivity index (χ4v) is 3.86. The second-order valence-electron chi connectivity index (χ2n) is 7.54. The van der Waals surface area contributed by atoms with Crippen LogP contribution in [0.25, 0.3) is 11.1 Å². The quantitative estimate of drug-likeness (QED) is 0.658. The Hall–Kier alpha value is -3.22. The van der Waals surface area contributed by atoms with Crippen LogP contribution in [0.1, 0.15) is 47.7 Å². The van der Waals surface area contributed by atoms with E-state index in [9.17, 15) is 4.79 Å². The highest BCUT2D eigenvalue weighted by Crippen LogP contribution is 2.29. The summed E-state index contributed by atoms with van der Waals surface area (Å²) in [6, 6.07) is 9.66. The van der Waals surface area contributed by atoms with Gasteiger partial charge >= 0.3 is 0 Å². The van der Waals surface area contributed by atoms with E-state index in [1.807, 2.05) is 37.3 Å². The Balaban J connectivity index is 1.48. The number of carbonyl (C=O) groups is 1. The first-order valence-corrected chi connectivity index (χ1v) is 9.96. The standard InChI is InChI=1S/C22H25N5O2/c1-14-7-8-17(29-2)13-18(14)16-9-10-23-19(12-16)25-22(28)21-24-20(26-27-21)11-15-5-3-4-6-15/h7-10,12-13,15H,3-6,11H2,1-2H3,(H,23,25,28)(H,24,26,27). The van der Waals surface area contributed by atoms with E-state index in [0.29, 0.717) is 11.7 Å². The van der Waals surface area contributed by atoms with Crippen molar-refractivity contribution in [2.75, 3.05) is 12.4 Å². The molecule has 150 valence electrons. The van der Waals surface area contributed by atoms with E-state index in [1.54, 1.807) is 13.3 Å². The number of aryl methyl sites for hydroxylation is 1. The van der Waals surface area contributed by atoms with Crippen LogP contribution in [0, 0.1) is 12.8 Å². The lowest BCUT2D eigenvalue weighted by atomic mass is 10.0. The summed E-state index contributed by atoms with van der Waals surface area (Å²) in [5, 5.41) is 11.0. The van der Waals surface area contributed by atoms with Crippen molar-refractivity contribution in [2.24, 2.45) is 5.92 Å². The number of hydrogen-bond donors (Lipinski definition) is 2. The van der Waals surface area contributed by atoms with Crippen molar-refractivity contribution in [1.29, 1.82) is 0 Å². The molecule has 2 N–H and O–H groups in total. The van der Waals surface area contributed by atoms with Crippen molar-refractivity contribution in [1.82, 2.24) is 20.2 Å². The lowest BCUT2D eigenvalue weighted by molar-refractivity contribution is 0.101. The maximum Gasteiger partial charge on any atom is 0.294 e. The molecule has 2 heterocycles. The van der Waals surface area contributed by atoms with Gasteiger partial charge in [-0.2, -0.15) is 0 Å². The van der Waals surface area contributed by atoms with E-state index in [0.717, 1.165) is 34.7 Å². The first-order chi connectivity index (χ1) is 14.1. The number of ether oxygens (including phenoxy) is 1. The monoisotopic (exact) mass is 391 g/mol. The van der Waals surface area contributed by atoms with E-state index in [4.69, 9.17) is 4.74 Å². The molecule has 0 atom stereocenters. The topological polar surface area (TPSA) is 92.8 Å². The number of nitrogens with zero attached hydrogens (tertiary/aromatic N) is 3. The number of pyridine rings is 1. The van der Waals surface area contributed by atoms with Gasteiger partial charge in [0.15, 0.2) is 0 Å². The molecular formula is C22H25N5O2. The van der Waals surface area contributed by atoms with Crippen LogP contribution in [0.15, 0.2) is 36.5 Å². The van der Waals surface area contributed by atoms with Crippen LogP contribution in [0.5, 0.6) is 5.75 Å². The molecule has 7 nitrogen and oxygen atoms in total. The number of hydrogen-bond acceptors (Lipinski definition) is 5. The number of aromatic nitrogens is 4. The second-order valence-corrected chi connectivity index (χ2v) is 7.54. The third-order valence-corrected chi connectivity index (χ3v) is 5.46. The van der Waals surface area contributed by atoms with Gasteiger partial charge in [-0.1, -0.05) is 31.7 Å². The number of carbonyl (C=O) groups excluding carboxylic acids is 1. The van der Waals surface area contributed by atoms with Crippen molar-refractivity contribution in [3.8, 4) is 16.9 Å². The van der Waals surface area contributed by atoms with E-state index >= 15 is 0 Å². The van der Waals surface area contributed by atoms with E-state index in [-0.39, 0.29) is 11.7 Å². The summed E-state index contributed by atoms with van der Waals surface area (Å²) in [5.74, 6) is 2.52. The average molecular weight is 391 g/mol. The van der Waals surface area contributed by atoms with Crippen LogP contribution < -0.4 is 10.1 Å². The number of amides is 1. The molecular weight excluding hydrogens is 366 g/mol. The highest BCUT2D eigenvalue weighted by molar-refractivity contribution is 6.01. The van der Waals surface area contributed by atoms with Crippen LogP contribution in [-0.4, -0.2) is 33.2 Å². The number of H-pyrrole nitrogens is 1. The third kappa shape index (κ3) is 4.45. The Labute approximate surface area is 169 Å². The molecule has 0 bridgehead atoms. The van der Waals surface area contributed by atoms with Crippen LogP contribution in [0.4, 0.5) is 5.82 Å². The van der Waals surface area contributed by atoms with Crippen molar-refractivity contribution in [3.05, 3.63) is 53.7 Å². The zero-order valence-electron chi connectivity index (χ0n) is 16.7. The fourth-order valence-electron chi connectivity index (χ4n) is 3.86. The summed E-state index contributed by atoms with van der Waals surface area (Å²) in [6.07, 6.45) is 7.53. The van der Waals surface area contributed by atoms with Gasteiger partial charge < -0.3 is 15.0 Å². The number of rotatable bonds is 6. The Kier molecular flexibility index (Phi) is 5.55. The first-order valence-electron chi connectivity index (χ1n) is 9.96. The number of aromatic amines is 1. The smallest absolute Gasteiger partial charge is 0.294 e. The van der Waals surface area contributed by atoms with Gasteiger partial charge in [0.1, 0.15) is 17.4 Å². The molecule has 7 heteroatoms. The van der Waals surface area contributed by atoms with Crippen molar-refractivity contribution < 1.29 is 9.53 Å². The minimum atomic E-state index is -0.345. The second kappa shape index (κ2) is 8.43. The van der Waals surface area contributed by atoms with E-state index < -0.39 is 0 Å². The largest absolute Gasteiger partial charge is 0.497 e. The Bertz CT molecular complexity index is 1010. The summed E-state index contributed by atoms with van der Waals surface area (Å²) in [5.41, 5.74) is 3.09. The highest BCUT2D eigenvalue weighted by Gasteiger charge is 2.19. The van der Waals surface area contributed by atoms with Gasteiger partial charge in [0.25, 0.3) is 5.91 Å². The Morgan fingerprint density at radius 2 is 2.03 bits per heavy atom. The Morgan fingerprint density at radius 1 is 1.21 bits per heavy atom. The summed E-state index contributed by atoms with van der Waals surface area (Å²) >= 11 is 0. The normalized spacial score (nSPS) is 14.1. The maximum absolute atomic E-state index is 12.6. The maximum atomic E-state index is 12.6. The SMILES string of the molecule is COc1ccc(C)c(-c2ccnc(NC(=O)c3nnc(CC4CCCC4)[nH]3)c2)c1. The number of anilines is 1. The summed E-state index contributed by atoms with van der Waals surface area (Å²) in [6.45, 7) is 2.04. The summed E-state index contributed by atoms with van der Waals surface area (Å²) < 4.78 is 5.33. The molecule has 1 aromatic carbocycles. The minimum absolute atomic E-state index is 0.211. The molecule has 0 spiro atoms. The van der Waals surface area contributed by atoms with Gasteiger partial charge in [-0.05, 0) is 53.8 Å². The molecule has 1 aliphatic carbocycles. The van der Waals surface area contributed by atoms with E-state index in [2.05, 4.69) is 25.5 Å². The first kappa shape index (κ1) is 19.1. The van der Waals surface area contributed by atoms with Crippen molar-refractivity contribution >= 4 is 11.7 Å². The molecule has 0 saturated heterocycles. The van der Waals surface area contributed by atoms with Crippen LogP contribution in [0.2, 0.25) is 0 Å². The zero-order valence-corrected chi connectivity index (χ0v) is 16.7. The number of benzene rings is 1. The molecule has 0 radical (unpaired) electrons. The van der Waals surface area contributed by atoms with Gasteiger partial charge in [-0.3, -0.25) is 4.79 Å². The predicted molar refractivity (Wildman–Crippen MR) is 111 cm³/mol. The molecule has 1 amide bonds. The molecule has 1 saturated carbocycles. The molecule has 3 aromatic rings. The highest BCUT2D eigenvalue weighted by atomic mass is 16.5. The number of nitrogens with one attached hydrogen (secondary N) is 2. The van der Waals surface area contributed by atoms with Gasteiger partial charge in [0, 0.05) is 12.6 Å². The van der Waals surface area contributed by atoms with Gasteiger partial charge in [-0.25, -0.2) is 4.98 Å². The van der Waals surface area contributed by atoms with Gasteiger partial charge in [-0.15, -0.1) is 10.2 Å². The zero-order chi connectivity index (χ0) is 20.2. The molecule has 1 aliphatic rings. The minimum Gasteiger partial charge on any atom is -0.497 e.